The highest BCUT2D eigenvalue weighted by Crippen LogP contribution is 2.27. The third kappa shape index (κ3) is 3.46. The monoisotopic (exact) mass is 279 g/mol. The standard InChI is InChI=1S/C9H11BrClNO2/c10-8-3-6(11)1-2-9(8)14-5-7(13)4-12/h1-3,7,13H,4-5,12H2. The Hall–Kier alpha value is -0.290. The summed E-state index contributed by atoms with van der Waals surface area (Å²) in [7, 11) is 0. The molecule has 1 atom stereocenters. The number of rotatable bonds is 4. The van der Waals surface area contributed by atoms with E-state index in [2.05, 4.69) is 15.9 Å². The van der Waals surface area contributed by atoms with Crippen molar-refractivity contribution in [2.24, 2.45) is 5.73 Å². The molecule has 0 aliphatic carbocycles. The molecule has 0 heterocycles. The van der Waals surface area contributed by atoms with E-state index in [0.717, 1.165) is 4.47 Å². The highest BCUT2D eigenvalue weighted by atomic mass is 79.9. The molecule has 3 nitrogen and oxygen atoms in total. The Morgan fingerprint density at radius 3 is 2.86 bits per heavy atom. The Kier molecular flexibility index (Phi) is 4.68. The molecule has 0 aliphatic rings. The molecule has 1 aromatic carbocycles. The molecular weight excluding hydrogens is 269 g/mol. The lowest BCUT2D eigenvalue weighted by atomic mass is 10.3. The molecule has 0 saturated heterocycles. The van der Waals surface area contributed by atoms with Crippen molar-refractivity contribution < 1.29 is 9.84 Å². The molecule has 14 heavy (non-hydrogen) atoms. The van der Waals surface area contributed by atoms with E-state index in [1.807, 2.05) is 0 Å². The summed E-state index contributed by atoms with van der Waals surface area (Å²) in [5.74, 6) is 0.641. The molecule has 0 aliphatic heterocycles. The second-order valence-corrected chi connectivity index (χ2v) is 4.07. The first-order valence-corrected chi connectivity index (χ1v) is 5.26. The molecule has 0 aromatic heterocycles. The molecule has 0 bridgehead atoms. The summed E-state index contributed by atoms with van der Waals surface area (Å²) in [6.07, 6.45) is -0.641. The van der Waals surface area contributed by atoms with Crippen molar-refractivity contribution in [3.8, 4) is 5.75 Å². The van der Waals surface area contributed by atoms with E-state index in [4.69, 9.17) is 22.1 Å². The molecule has 1 unspecified atom stereocenters. The van der Waals surface area contributed by atoms with E-state index in [1.165, 1.54) is 0 Å². The number of nitrogens with two attached hydrogens (primary N) is 1. The van der Waals surface area contributed by atoms with Crippen LogP contribution in [0.25, 0.3) is 0 Å². The topological polar surface area (TPSA) is 55.5 Å². The maximum absolute atomic E-state index is 9.17. The zero-order valence-corrected chi connectivity index (χ0v) is 9.75. The van der Waals surface area contributed by atoms with Gasteiger partial charge in [0.2, 0.25) is 0 Å². The predicted octanol–water partition coefficient (Wildman–Crippen LogP) is 1.80. The van der Waals surface area contributed by atoms with Crippen molar-refractivity contribution in [2.45, 2.75) is 6.10 Å². The molecule has 0 fully saturated rings. The number of halogens is 2. The van der Waals surface area contributed by atoms with E-state index in [1.54, 1.807) is 18.2 Å². The maximum Gasteiger partial charge on any atom is 0.133 e. The van der Waals surface area contributed by atoms with Crippen LogP contribution < -0.4 is 10.5 Å². The predicted molar refractivity (Wildman–Crippen MR) is 59.7 cm³/mol. The zero-order chi connectivity index (χ0) is 10.6. The average Bonchev–Trinajstić information content (AvgIpc) is 2.16. The maximum atomic E-state index is 9.17. The highest BCUT2D eigenvalue weighted by molar-refractivity contribution is 9.10. The Labute approximate surface area is 95.9 Å². The summed E-state index contributed by atoms with van der Waals surface area (Å²) in [4.78, 5) is 0. The molecule has 78 valence electrons. The minimum absolute atomic E-state index is 0.177. The summed E-state index contributed by atoms with van der Waals surface area (Å²) in [6, 6.07) is 5.18. The first-order chi connectivity index (χ1) is 6.63. The van der Waals surface area contributed by atoms with Gasteiger partial charge >= 0.3 is 0 Å². The van der Waals surface area contributed by atoms with Crippen LogP contribution in [-0.2, 0) is 0 Å². The van der Waals surface area contributed by atoms with Crippen LogP contribution in [0.3, 0.4) is 0 Å². The van der Waals surface area contributed by atoms with Crippen LogP contribution in [-0.4, -0.2) is 24.4 Å². The molecular formula is C9H11BrClNO2. The van der Waals surface area contributed by atoms with Gasteiger partial charge in [0.25, 0.3) is 0 Å². The van der Waals surface area contributed by atoms with Gasteiger partial charge in [-0.1, -0.05) is 11.6 Å². The van der Waals surface area contributed by atoms with E-state index < -0.39 is 6.10 Å². The van der Waals surface area contributed by atoms with Crippen LogP contribution >= 0.6 is 27.5 Å². The van der Waals surface area contributed by atoms with E-state index in [9.17, 15) is 5.11 Å². The Balaban J connectivity index is 2.59. The minimum atomic E-state index is -0.641. The normalized spacial score (nSPS) is 12.6. The molecule has 5 heteroatoms. The first kappa shape index (κ1) is 11.8. The van der Waals surface area contributed by atoms with Crippen LogP contribution in [0, 0.1) is 0 Å². The third-order valence-electron chi connectivity index (χ3n) is 1.60. The lowest BCUT2D eigenvalue weighted by molar-refractivity contribution is 0.114. The van der Waals surface area contributed by atoms with Crippen LogP contribution in [0.1, 0.15) is 0 Å². The fourth-order valence-corrected chi connectivity index (χ4v) is 1.64. The molecule has 1 aromatic rings. The quantitative estimate of drug-likeness (QED) is 0.884. The molecule has 0 spiro atoms. The van der Waals surface area contributed by atoms with Crippen LogP contribution in [0.5, 0.6) is 5.75 Å². The van der Waals surface area contributed by atoms with E-state index in [0.29, 0.717) is 10.8 Å². The molecule has 0 amide bonds. The number of benzene rings is 1. The van der Waals surface area contributed by atoms with Crippen LogP contribution in [0.2, 0.25) is 5.02 Å². The van der Waals surface area contributed by atoms with Gasteiger partial charge in [0.1, 0.15) is 18.5 Å². The Morgan fingerprint density at radius 1 is 1.57 bits per heavy atom. The minimum Gasteiger partial charge on any atom is -0.490 e. The van der Waals surface area contributed by atoms with Crippen molar-refractivity contribution in [1.82, 2.24) is 0 Å². The lowest BCUT2D eigenvalue weighted by Crippen LogP contribution is -2.26. The fraction of sp³-hybridized carbons (Fsp3) is 0.333. The zero-order valence-electron chi connectivity index (χ0n) is 7.41. The second-order valence-electron chi connectivity index (χ2n) is 2.78. The number of hydrogen-bond acceptors (Lipinski definition) is 3. The van der Waals surface area contributed by atoms with Crippen molar-refractivity contribution >= 4 is 27.5 Å². The summed E-state index contributed by atoms with van der Waals surface area (Å²) in [5, 5.41) is 9.80. The summed E-state index contributed by atoms with van der Waals surface area (Å²) in [5.41, 5.74) is 5.24. The molecule has 3 N–H and O–H groups in total. The van der Waals surface area contributed by atoms with Crippen molar-refractivity contribution in [2.75, 3.05) is 13.2 Å². The van der Waals surface area contributed by atoms with Crippen LogP contribution in [0.15, 0.2) is 22.7 Å². The van der Waals surface area contributed by atoms with Crippen LogP contribution in [0.4, 0.5) is 0 Å². The number of aliphatic hydroxyl groups excluding tert-OH is 1. The third-order valence-corrected chi connectivity index (χ3v) is 2.45. The summed E-state index contributed by atoms with van der Waals surface area (Å²) >= 11 is 9.05. The summed E-state index contributed by atoms with van der Waals surface area (Å²) in [6.45, 7) is 0.363. The molecule has 0 radical (unpaired) electrons. The molecule has 0 saturated carbocycles. The van der Waals surface area contributed by atoms with E-state index in [-0.39, 0.29) is 13.2 Å². The van der Waals surface area contributed by atoms with Crippen molar-refractivity contribution in [1.29, 1.82) is 0 Å². The van der Waals surface area contributed by atoms with Gasteiger partial charge < -0.3 is 15.6 Å². The second kappa shape index (κ2) is 5.56. The average molecular weight is 281 g/mol. The lowest BCUT2D eigenvalue weighted by Gasteiger charge is -2.11. The van der Waals surface area contributed by atoms with Gasteiger partial charge in [-0.2, -0.15) is 0 Å². The molecule has 1 rings (SSSR count). The van der Waals surface area contributed by atoms with E-state index >= 15 is 0 Å². The number of hydrogen-bond donors (Lipinski definition) is 2. The Morgan fingerprint density at radius 2 is 2.29 bits per heavy atom. The fourth-order valence-electron chi connectivity index (χ4n) is 0.846. The van der Waals surface area contributed by atoms with Gasteiger partial charge in [0.15, 0.2) is 0 Å². The number of ether oxygens (including phenoxy) is 1. The van der Waals surface area contributed by atoms with Gasteiger partial charge in [0, 0.05) is 11.6 Å². The SMILES string of the molecule is NCC(O)COc1ccc(Cl)cc1Br. The van der Waals surface area contributed by atoms with Gasteiger partial charge in [-0.05, 0) is 34.1 Å². The van der Waals surface area contributed by atoms with Crippen molar-refractivity contribution in [3.05, 3.63) is 27.7 Å². The van der Waals surface area contributed by atoms with Gasteiger partial charge in [0.05, 0.1) is 4.47 Å². The first-order valence-electron chi connectivity index (χ1n) is 4.09. The number of aliphatic hydroxyl groups is 1. The smallest absolute Gasteiger partial charge is 0.133 e. The van der Waals surface area contributed by atoms with Crippen molar-refractivity contribution in [3.63, 3.8) is 0 Å². The summed E-state index contributed by atoms with van der Waals surface area (Å²) < 4.78 is 6.07. The Bertz CT molecular complexity index is 309. The highest BCUT2D eigenvalue weighted by Gasteiger charge is 2.05. The van der Waals surface area contributed by atoms with Gasteiger partial charge in [-0.25, -0.2) is 0 Å². The van der Waals surface area contributed by atoms with Gasteiger partial charge in [-0.3, -0.25) is 0 Å². The largest absolute Gasteiger partial charge is 0.490 e. The van der Waals surface area contributed by atoms with Gasteiger partial charge in [-0.15, -0.1) is 0 Å².